The third-order valence-corrected chi connectivity index (χ3v) is 7.65. The number of carbonyl (C=O) groups is 1. The van der Waals surface area contributed by atoms with Crippen molar-refractivity contribution in [2.45, 2.75) is 44.2 Å². The van der Waals surface area contributed by atoms with Crippen LogP contribution in [0.2, 0.25) is 0 Å². The van der Waals surface area contributed by atoms with E-state index in [4.69, 9.17) is 5.11 Å². The van der Waals surface area contributed by atoms with Gasteiger partial charge in [-0.3, -0.25) is 4.68 Å². The average molecular weight is 490 g/mol. The molecule has 0 spiro atoms. The van der Waals surface area contributed by atoms with Gasteiger partial charge in [0.25, 0.3) is 0 Å². The van der Waals surface area contributed by atoms with Gasteiger partial charge in [-0.25, -0.2) is 4.79 Å². The van der Waals surface area contributed by atoms with Crippen LogP contribution >= 0.6 is 0 Å². The lowest BCUT2D eigenvalue weighted by Crippen LogP contribution is -2.42. The van der Waals surface area contributed by atoms with Crippen LogP contribution < -0.4 is 4.90 Å². The van der Waals surface area contributed by atoms with Crippen LogP contribution in [0.1, 0.15) is 59.5 Å². The number of aliphatic carboxylic acids is 1. The molecular formula is C32H31N3O2. The number of benzene rings is 3. The van der Waals surface area contributed by atoms with Crippen molar-refractivity contribution in [3.05, 3.63) is 113 Å². The molecule has 0 amide bonds. The van der Waals surface area contributed by atoms with Crippen LogP contribution in [-0.2, 0) is 18.3 Å². The molecule has 2 heterocycles. The highest BCUT2D eigenvalue weighted by Gasteiger charge is 2.34. The largest absolute Gasteiger partial charge is 0.478 e. The summed E-state index contributed by atoms with van der Waals surface area (Å²) in [5.74, 6) is -0.203. The van der Waals surface area contributed by atoms with E-state index in [-0.39, 0.29) is 6.04 Å². The fraction of sp³-hybridized carbons (Fsp3) is 0.250. The molecule has 6 rings (SSSR count). The van der Waals surface area contributed by atoms with Crippen LogP contribution in [0.4, 0.5) is 5.69 Å². The molecule has 5 nitrogen and oxygen atoms in total. The zero-order valence-electron chi connectivity index (χ0n) is 21.2. The summed E-state index contributed by atoms with van der Waals surface area (Å²) in [4.78, 5) is 13.5. The van der Waals surface area contributed by atoms with Crippen LogP contribution in [0, 0.1) is 0 Å². The molecule has 0 bridgehead atoms. The molecule has 0 saturated heterocycles. The molecule has 1 fully saturated rings. The number of aromatic nitrogens is 2. The normalized spacial score (nSPS) is 19.2. The minimum absolute atomic E-state index is 0.0611. The fourth-order valence-corrected chi connectivity index (χ4v) is 5.66. The van der Waals surface area contributed by atoms with Crippen molar-refractivity contribution in [2.75, 3.05) is 4.90 Å². The van der Waals surface area contributed by atoms with Gasteiger partial charge in [0.2, 0.25) is 0 Å². The third-order valence-electron chi connectivity index (χ3n) is 7.65. The Balaban J connectivity index is 1.42. The maximum absolute atomic E-state index is 11.0. The van der Waals surface area contributed by atoms with Gasteiger partial charge in [0.05, 0.1) is 12.2 Å². The summed E-state index contributed by atoms with van der Waals surface area (Å²) >= 11 is 0. The number of aryl methyl sites for hydroxylation is 1. The Morgan fingerprint density at radius 2 is 1.70 bits per heavy atom. The molecule has 3 aromatic carbocycles. The Hall–Kier alpha value is -4.12. The molecule has 5 heteroatoms. The highest BCUT2D eigenvalue weighted by atomic mass is 16.4. The van der Waals surface area contributed by atoms with Gasteiger partial charge in [0.15, 0.2) is 0 Å². The van der Waals surface area contributed by atoms with Crippen LogP contribution in [0.15, 0.2) is 85.2 Å². The fourth-order valence-electron chi connectivity index (χ4n) is 5.66. The SMILES string of the molecule is C[C@@H]1Cc2cc(-c3cnn(C)c3)ccc2C(c2ccc(/C=C/C(=O)O)cc2)N1c1ccc(C2CC2)cc1. The molecule has 1 aliphatic heterocycles. The van der Waals surface area contributed by atoms with E-state index >= 15 is 0 Å². The molecule has 37 heavy (non-hydrogen) atoms. The second-order valence-corrected chi connectivity index (χ2v) is 10.4. The molecule has 0 radical (unpaired) electrons. The third kappa shape index (κ3) is 4.69. The first-order chi connectivity index (χ1) is 18.0. The number of carboxylic acids is 1. The second-order valence-electron chi connectivity index (χ2n) is 10.4. The van der Waals surface area contributed by atoms with Gasteiger partial charge in [-0.2, -0.15) is 5.10 Å². The number of hydrogen-bond acceptors (Lipinski definition) is 3. The zero-order chi connectivity index (χ0) is 25.5. The van der Waals surface area contributed by atoms with E-state index in [9.17, 15) is 4.79 Å². The molecule has 1 aliphatic carbocycles. The van der Waals surface area contributed by atoms with Gasteiger partial charge in [0, 0.05) is 36.6 Å². The van der Waals surface area contributed by atoms with Crippen molar-refractivity contribution in [1.29, 1.82) is 0 Å². The van der Waals surface area contributed by atoms with Crippen molar-refractivity contribution in [1.82, 2.24) is 9.78 Å². The summed E-state index contributed by atoms with van der Waals surface area (Å²) in [7, 11) is 1.95. The topological polar surface area (TPSA) is 58.4 Å². The van der Waals surface area contributed by atoms with Crippen LogP contribution in [-0.4, -0.2) is 26.9 Å². The summed E-state index contributed by atoms with van der Waals surface area (Å²) in [5.41, 5.74) is 9.74. The molecule has 2 aliphatic rings. The van der Waals surface area contributed by atoms with Crippen LogP contribution in [0.25, 0.3) is 17.2 Å². The van der Waals surface area contributed by atoms with Gasteiger partial charge in [-0.1, -0.05) is 54.6 Å². The lowest BCUT2D eigenvalue weighted by atomic mass is 9.83. The Morgan fingerprint density at radius 3 is 2.35 bits per heavy atom. The van der Waals surface area contributed by atoms with Crippen LogP contribution in [0.3, 0.4) is 0 Å². The smallest absolute Gasteiger partial charge is 0.328 e. The minimum Gasteiger partial charge on any atom is -0.478 e. The number of fused-ring (bicyclic) bond motifs is 1. The van der Waals surface area contributed by atoms with E-state index in [0.717, 1.165) is 23.5 Å². The van der Waals surface area contributed by atoms with E-state index < -0.39 is 5.97 Å². The summed E-state index contributed by atoms with van der Waals surface area (Å²) in [5, 5.41) is 13.4. The van der Waals surface area contributed by atoms with Crippen LogP contribution in [0.5, 0.6) is 0 Å². The summed E-state index contributed by atoms with van der Waals surface area (Å²) < 4.78 is 1.84. The maximum Gasteiger partial charge on any atom is 0.328 e. The van der Waals surface area contributed by atoms with Crippen molar-refractivity contribution in [3.8, 4) is 11.1 Å². The lowest BCUT2D eigenvalue weighted by molar-refractivity contribution is -0.131. The van der Waals surface area contributed by atoms with E-state index in [2.05, 4.69) is 77.7 Å². The quantitative estimate of drug-likeness (QED) is 0.310. The molecule has 1 unspecified atom stereocenters. The number of hydrogen-bond donors (Lipinski definition) is 1. The van der Waals surface area contributed by atoms with Crippen molar-refractivity contribution < 1.29 is 9.90 Å². The van der Waals surface area contributed by atoms with Gasteiger partial charge in [-0.05, 0) is 83.7 Å². The molecule has 186 valence electrons. The summed E-state index contributed by atoms with van der Waals surface area (Å²) in [6.07, 6.45) is 10.4. The molecular weight excluding hydrogens is 458 g/mol. The summed E-state index contributed by atoms with van der Waals surface area (Å²) in [6.45, 7) is 2.31. The van der Waals surface area contributed by atoms with Gasteiger partial charge >= 0.3 is 5.97 Å². The monoisotopic (exact) mass is 489 g/mol. The number of carboxylic acid groups (broad SMARTS) is 1. The standard InChI is InChI=1S/C32H31N3O2/c1-21-17-27-18-26(28-19-33-34(2)20-28)12-15-30(27)32(25-6-3-22(4-7-25)5-16-31(36)37)35(21)29-13-10-24(11-14-29)23-8-9-23/h3-7,10-16,18-21,23,32H,8-9,17H2,1-2H3,(H,36,37)/b16-5+/t21-,32?/m1/s1. The minimum atomic E-state index is -0.940. The van der Waals surface area contributed by atoms with E-state index in [1.54, 1.807) is 6.08 Å². The highest BCUT2D eigenvalue weighted by Crippen LogP contribution is 2.44. The van der Waals surface area contributed by atoms with Crippen molar-refractivity contribution in [3.63, 3.8) is 0 Å². The first-order valence-electron chi connectivity index (χ1n) is 13.0. The van der Waals surface area contributed by atoms with Gasteiger partial charge < -0.3 is 10.0 Å². The number of rotatable bonds is 6. The molecule has 1 N–H and O–H groups in total. The second kappa shape index (κ2) is 9.40. The molecule has 2 atom stereocenters. The number of nitrogens with zero attached hydrogens (tertiary/aromatic N) is 3. The predicted octanol–water partition coefficient (Wildman–Crippen LogP) is 6.60. The van der Waals surface area contributed by atoms with Crippen molar-refractivity contribution in [2.24, 2.45) is 7.05 Å². The molecule has 1 saturated carbocycles. The predicted molar refractivity (Wildman–Crippen MR) is 148 cm³/mol. The lowest BCUT2D eigenvalue weighted by Gasteiger charge is -2.44. The Morgan fingerprint density at radius 1 is 0.973 bits per heavy atom. The first-order valence-corrected chi connectivity index (χ1v) is 13.0. The molecule has 4 aromatic rings. The Kier molecular flexibility index (Phi) is 5.91. The van der Waals surface area contributed by atoms with Crippen molar-refractivity contribution >= 4 is 17.7 Å². The summed E-state index contributed by atoms with van der Waals surface area (Å²) in [6, 6.07) is 24.6. The van der Waals surface area contributed by atoms with Gasteiger partial charge in [-0.15, -0.1) is 0 Å². The Bertz CT molecular complexity index is 1460. The number of anilines is 1. The average Bonchev–Trinajstić information content (AvgIpc) is 3.66. The van der Waals surface area contributed by atoms with Gasteiger partial charge in [0.1, 0.15) is 0 Å². The molecule has 1 aromatic heterocycles. The highest BCUT2D eigenvalue weighted by molar-refractivity contribution is 5.85. The zero-order valence-corrected chi connectivity index (χ0v) is 21.2. The van der Waals surface area contributed by atoms with E-state index in [1.807, 2.05) is 30.1 Å². The maximum atomic E-state index is 11.0. The first kappa shape index (κ1) is 23.3. The van der Waals surface area contributed by atoms with E-state index in [1.165, 1.54) is 52.4 Å². The van der Waals surface area contributed by atoms with E-state index in [0.29, 0.717) is 6.04 Å². The Labute approximate surface area is 217 Å².